The van der Waals surface area contributed by atoms with Crippen LogP contribution in [-0.2, 0) is 14.2 Å². The number of hydrogen-bond donors (Lipinski definition) is 0. The Labute approximate surface area is 111 Å². The molecule has 0 N–H and O–H groups in total. The van der Waals surface area contributed by atoms with Gasteiger partial charge < -0.3 is 14.2 Å². The Morgan fingerprint density at radius 2 is 2.22 bits per heavy atom. The molecule has 0 aromatic heterocycles. The molecule has 0 amide bonds. The smallest absolute Gasteiger partial charge is 0.338 e. The van der Waals surface area contributed by atoms with Gasteiger partial charge in [-0.05, 0) is 19.1 Å². The van der Waals surface area contributed by atoms with E-state index in [-0.39, 0.29) is 24.3 Å². The molecule has 0 radical (unpaired) electrons. The van der Waals surface area contributed by atoms with Crippen molar-refractivity contribution in [3.63, 3.8) is 0 Å². The summed E-state index contributed by atoms with van der Waals surface area (Å²) >= 11 is 1.60. The molecule has 1 aliphatic heterocycles. The number of rotatable bonds is 5. The molecule has 2 atom stereocenters. The Bertz CT molecular complexity index is 382. The third-order valence-corrected chi connectivity index (χ3v) is 3.52. The maximum absolute atomic E-state index is 11.7. The summed E-state index contributed by atoms with van der Waals surface area (Å²) in [6.45, 7) is 2.81. The van der Waals surface area contributed by atoms with Crippen molar-refractivity contribution in [2.24, 2.45) is 0 Å². The molecule has 1 heterocycles. The maximum atomic E-state index is 11.7. The van der Waals surface area contributed by atoms with Gasteiger partial charge in [0.1, 0.15) is 12.0 Å². The largest absolute Gasteiger partial charge is 0.458 e. The van der Waals surface area contributed by atoms with E-state index in [9.17, 15) is 4.79 Å². The monoisotopic (exact) mass is 268 g/mol. The number of carbonyl (C=O) groups is 1. The van der Waals surface area contributed by atoms with Crippen molar-refractivity contribution >= 4 is 17.7 Å². The molecule has 1 fully saturated rings. The number of carbonyl (C=O) groups excluding carboxylic acids is 1. The first-order valence-electron chi connectivity index (χ1n) is 5.90. The lowest BCUT2D eigenvalue weighted by molar-refractivity contribution is -0.129. The molecular formula is C13H16O4S. The first-order chi connectivity index (χ1) is 8.79. The summed E-state index contributed by atoms with van der Waals surface area (Å²) in [5, 5.41) is 0. The van der Waals surface area contributed by atoms with Crippen LogP contribution in [0.4, 0.5) is 0 Å². The Kier molecular flexibility index (Phi) is 5.04. The first-order valence-corrected chi connectivity index (χ1v) is 6.95. The van der Waals surface area contributed by atoms with Crippen LogP contribution in [0.1, 0.15) is 17.3 Å². The van der Waals surface area contributed by atoms with Crippen molar-refractivity contribution in [2.45, 2.75) is 18.6 Å². The lowest BCUT2D eigenvalue weighted by atomic mass is 10.2. The van der Waals surface area contributed by atoms with Gasteiger partial charge in [-0.1, -0.05) is 18.2 Å². The second kappa shape index (κ2) is 6.78. The quantitative estimate of drug-likeness (QED) is 0.767. The summed E-state index contributed by atoms with van der Waals surface area (Å²) < 4.78 is 16.1. The van der Waals surface area contributed by atoms with Gasteiger partial charge in [0.2, 0.25) is 0 Å². The molecule has 0 spiro atoms. The van der Waals surface area contributed by atoms with Crippen molar-refractivity contribution in [3.05, 3.63) is 35.9 Å². The fourth-order valence-corrected chi connectivity index (χ4v) is 2.51. The molecule has 0 bridgehead atoms. The molecule has 5 heteroatoms. The molecular weight excluding hydrogens is 252 g/mol. The van der Waals surface area contributed by atoms with Gasteiger partial charge in [-0.2, -0.15) is 0 Å². The predicted octanol–water partition coefficient (Wildman–Crippen LogP) is 2.30. The highest BCUT2D eigenvalue weighted by atomic mass is 32.2. The third kappa shape index (κ3) is 3.73. The Hall–Kier alpha value is -1.04. The van der Waals surface area contributed by atoms with E-state index in [1.54, 1.807) is 23.9 Å². The number of esters is 1. The minimum Gasteiger partial charge on any atom is -0.458 e. The molecule has 1 aliphatic rings. The minimum absolute atomic E-state index is 0.130. The maximum Gasteiger partial charge on any atom is 0.338 e. The van der Waals surface area contributed by atoms with Gasteiger partial charge in [0.15, 0.2) is 6.29 Å². The van der Waals surface area contributed by atoms with E-state index in [4.69, 9.17) is 14.2 Å². The highest BCUT2D eigenvalue weighted by Crippen LogP contribution is 2.26. The fraction of sp³-hybridized carbons (Fsp3) is 0.462. The highest BCUT2D eigenvalue weighted by molar-refractivity contribution is 8.00. The van der Waals surface area contributed by atoms with Crippen LogP contribution in [-0.4, -0.2) is 36.7 Å². The molecule has 1 saturated heterocycles. The van der Waals surface area contributed by atoms with Crippen molar-refractivity contribution in [2.75, 3.05) is 19.0 Å². The highest BCUT2D eigenvalue weighted by Gasteiger charge is 2.27. The normalized spacial score (nSPS) is 22.9. The van der Waals surface area contributed by atoms with Gasteiger partial charge >= 0.3 is 5.97 Å². The lowest BCUT2D eigenvalue weighted by Crippen LogP contribution is -2.20. The lowest BCUT2D eigenvalue weighted by Gasteiger charge is -2.12. The second-order valence-electron chi connectivity index (χ2n) is 3.75. The van der Waals surface area contributed by atoms with Crippen LogP contribution in [0.25, 0.3) is 0 Å². The van der Waals surface area contributed by atoms with Gasteiger partial charge in [-0.15, -0.1) is 11.8 Å². The molecule has 2 rings (SSSR count). The van der Waals surface area contributed by atoms with Crippen LogP contribution in [0, 0.1) is 0 Å². The Morgan fingerprint density at radius 1 is 1.44 bits per heavy atom. The average molecular weight is 268 g/mol. The molecule has 1 aromatic carbocycles. The summed E-state index contributed by atoms with van der Waals surface area (Å²) in [6, 6.07) is 8.94. The van der Waals surface area contributed by atoms with E-state index in [0.29, 0.717) is 12.2 Å². The van der Waals surface area contributed by atoms with Crippen molar-refractivity contribution in [3.8, 4) is 0 Å². The molecule has 0 aliphatic carbocycles. The van der Waals surface area contributed by atoms with Gasteiger partial charge in [0.25, 0.3) is 0 Å². The van der Waals surface area contributed by atoms with Crippen molar-refractivity contribution in [1.29, 1.82) is 0 Å². The van der Waals surface area contributed by atoms with Crippen LogP contribution in [0.15, 0.2) is 30.3 Å². The minimum atomic E-state index is -0.320. The summed E-state index contributed by atoms with van der Waals surface area (Å²) in [5.74, 6) is 0.459. The zero-order chi connectivity index (χ0) is 12.8. The zero-order valence-corrected chi connectivity index (χ0v) is 11.0. The average Bonchev–Trinajstić information content (AvgIpc) is 2.85. The molecule has 0 saturated carbocycles. The summed E-state index contributed by atoms with van der Waals surface area (Å²) in [5.41, 5.74) is 0.427. The van der Waals surface area contributed by atoms with Gasteiger partial charge in [-0.25, -0.2) is 4.79 Å². The Balaban J connectivity index is 1.74. The summed E-state index contributed by atoms with van der Waals surface area (Å²) in [6.07, 6.45) is -0.180. The molecule has 1 aromatic rings. The van der Waals surface area contributed by atoms with E-state index in [1.807, 2.05) is 25.1 Å². The third-order valence-electron chi connectivity index (χ3n) is 2.43. The van der Waals surface area contributed by atoms with Crippen LogP contribution < -0.4 is 0 Å². The van der Waals surface area contributed by atoms with Crippen molar-refractivity contribution in [1.82, 2.24) is 0 Å². The van der Waals surface area contributed by atoms with Gasteiger partial charge in [0, 0.05) is 12.4 Å². The molecule has 0 unspecified atom stereocenters. The van der Waals surface area contributed by atoms with Gasteiger partial charge in [0.05, 0.1) is 5.56 Å². The summed E-state index contributed by atoms with van der Waals surface area (Å²) in [4.78, 5) is 11.7. The van der Waals surface area contributed by atoms with E-state index in [0.717, 1.165) is 5.75 Å². The van der Waals surface area contributed by atoms with Crippen molar-refractivity contribution < 1.29 is 19.0 Å². The SMILES string of the molecule is CCO[C@H]1CS[C@@H](COC(=O)c2ccccc2)O1. The number of thioether (sulfide) groups is 1. The number of ether oxygens (including phenoxy) is 3. The second-order valence-corrected chi connectivity index (χ2v) is 4.94. The summed E-state index contributed by atoms with van der Waals surface area (Å²) in [7, 11) is 0. The standard InChI is InChI=1S/C13H16O4S/c1-2-15-11-9-18-12(17-11)8-16-13(14)10-6-4-3-5-7-10/h3-7,11-12H,2,8-9H2,1H3/t11-,12+/m1/s1. The Morgan fingerprint density at radius 3 is 2.94 bits per heavy atom. The van der Waals surface area contributed by atoms with Gasteiger partial charge in [-0.3, -0.25) is 0 Å². The molecule has 98 valence electrons. The number of hydrogen-bond acceptors (Lipinski definition) is 5. The van der Waals surface area contributed by atoms with E-state index in [1.165, 1.54) is 0 Å². The molecule has 4 nitrogen and oxygen atoms in total. The van der Waals surface area contributed by atoms with Crippen LogP contribution in [0.5, 0.6) is 0 Å². The van der Waals surface area contributed by atoms with Crippen LogP contribution >= 0.6 is 11.8 Å². The van der Waals surface area contributed by atoms with Crippen LogP contribution in [0.3, 0.4) is 0 Å². The van der Waals surface area contributed by atoms with Crippen LogP contribution in [0.2, 0.25) is 0 Å². The fourth-order valence-electron chi connectivity index (χ4n) is 1.60. The van der Waals surface area contributed by atoms with E-state index < -0.39 is 0 Å². The molecule has 18 heavy (non-hydrogen) atoms. The van der Waals surface area contributed by atoms with E-state index in [2.05, 4.69) is 0 Å². The zero-order valence-electron chi connectivity index (χ0n) is 10.2. The first kappa shape index (κ1) is 13.4. The predicted molar refractivity (Wildman–Crippen MR) is 69.5 cm³/mol. The number of benzene rings is 1. The topological polar surface area (TPSA) is 44.8 Å². The van der Waals surface area contributed by atoms with E-state index >= 15 is 0 Å².